The number of nitrogens with zero attached hydrogens (tertiary/aromatic N) is 1. The average molecular weight is 185 g/mol. The van der Waals surface area contributed by atoms with Crippen LogP contribution in [0.4, 0.5) is 0 Å². The first-order chi connectivity index (χ1) is 5.70. The lowest BCUT2D eigenvalue weighted by Gasteiger charge is -2.12. The molecule has 0 aromatic carbocycles. The molecule has 0 radical (unpaired) electrons. The maximum absolute atomic E-state index is 9.24. The van der Waals surface area contributed by atoms with Crippen molar-refractivity contribution in [3.8, 4) is 0 Å². The Bertz CT molecular complexity index is 208. The summed E-state index contributed by atoms with van der Waals surface area (Å²) in [4.78, 5) is 1.31. The van der Waals surface area contributed by atoms with Crippen LogP contribution in [0.3, 0.4) is 0 Å². The smallest absolute Gasteiger partial charge is 0.0537 e. The van der Waals surface area contributed by atoms with Crippen LogP contribution in [-0.2, 0) is 6.42 Å². The molecule has 2 unspecified atom stereocenters. The first-order valence-electron chi connectivity index (χ1n) is 4.27. The van der Waals surface area contributed by atoms with Crippen molar-refractivity contribution in [2.45, 2.75) is 32.8 Å². The molecule has 1 N–H and O–H groups in total. The minimum atomic E-state index is -0.196. The lowest BCUT2D eigenvalue weighted by molar-refractivity contribution is 0.130. The van der Waals surface area contributed by atoms with Gasteiger partial charge >= 0.3 is 0 Å². The zero-order valence-corrected chi connectivity index (χ0v) is 8.34. The molecule has 1 rings (SSSR count). The third-order valence-corrected chi connectivity index (χ3v) is 2.96. The van der Waals surface area contributed by atoms with Crippen LogP contribution >= 0.6 is 11.5 Å². The summed E-state index contributed by atoms with van der Waals surface area (Å²) in [5, 5.41) is 9.24. The van der Waals surface area contributed by atoms with Gasteiger partial charge in [-0.1, -0.05) is 6.92 Å². The summed E-state index contributed by atoms with van der Waals surface area (Å²) < 4.78 is 4.02. The number of aliphatic hydroxyl groups excluding tert-OH is 1. The molecule has 0 aliphatic rings. The van der Waals surface area contributed by atoms with Crippen LogP contribution in [0.15, 0.2) is 12.3 Å². The van der Waals surface area contributed by atoms with Crippen LogP contribution in [-0.4, -0.2) is 15.6 Å². The lowest BCUT2D eigenvalue weighted by Crippen LogP contribution is -2.13. The van der Waals surface area contributed by atoms with Gasteiger partial charge in [0, 0.05) is 11.1 Å². The van der Waals surface area contributed by atoms with Crippen molar-refractivity contribution in [2.75, 3.05) is 0 Å². The fourth-order valence-corrected chi connectivity index (χ4v) is 1.57. The van der Waals surface area contributed by atoms with Crippen molar-refractivity contribution in [1.29, 1.82) is 0 Å². The molecule has 0 saturated carbocycles. The van der Waals surface area contributed by atoms with E-state index in [4.69, 9.17) is 0 Å². The van der Waals surface area contributed by atoms with Gasteiger partial charge in [0.25, 0.3) is 0 Å². The van der Waals surface area contributed by atoms with E-state index in [2.05, 4.69) is 11.3 Å². The molecule has 1 heterocycles. The minimum absolute atomic E-state index is 0.196. The average Bonchev–Trinajstić information content (AvgIpc) is 2.51. The Morgan fingerprint density at radius 2 is 2.33 bits per heavy atom. The summed E-state index contributed by atoms with van der Waals surface area (Å²) >= 11 is 1.54. The predicted molar refractivity (Wildman–Crippen MR) is 51.3 cm³/mol. The van der Waals surface area contributed by atoms with Gasteiger partial charge in [-0.15, -0.1) is 0 Å². The molecule has 0 amide bonds. The summed E-state index contributed by atoms with van der Waals surface area (Å²) in [5.74, 6) is 0.382. The summed E-state index contributed by atoms with van der Waals surface area (Å²) in [7, 11) is 0. The Hall–Kier alpha value is -0.410. The van der Waals surface area contributed by atoms with Gasteiger partial charge in [-0.3, -0.25) is 0 Å². The van der Waals surface area contributed by atoms with Crippen LogP contribution in [0.5, 0.6) is 0 Å². The Morgan fingerprint density at radius 3 is 2.83 bits per heavy atom. The third-order valence-electron chi connectivity index (χ3n) is 2.16. The minimum Gasteiger partial charge on any atom is -0.393 e. The van der Waals surface area contributed by atoms with E-state index in [9.17, 15) is 5.11 Å². The van der Waals surface area contributed by atoms with Crippen LogP contribution < -0.4 is 0 Å². The highest BCUT2D eigenvalue weighted by atomic mass is 32.1. The predicted octanol–water partition coefficient (Wildman–Crippen LogP) is 2.09. The molecule has 0 saturated heterocycles. The first-order valence-corrected chi connectivity index (χ1v) is 5.05. The molecule has 12 heavy (non-hydrogen) atoms. The van der Waals surface area contributed by atoms with Gasteiger partial charge in [0.1, 0.15) is 0 Å². The summed E-state index contributed by atoms with van der Waals surface area (Å²) in [6.07, 6.45) is 3.71. The number of hydrogen-bond donors (Lipinski definition) is 1. The molecule has 3 heteroatoms. The summed E-state index contributed by atoms with van der Waals surface area (Å²) in [6, 6.07) is 2.04. The number of aliphatic hydroxyl groups is 1. The van der Waals surface area contributed by atoms with Crippen molar-refractivity contribution >= 4 is 11.5 Å². The number of aromatic nitrogens is 1. The molecule has 2 atom stereocenters. The quantitative estimate of drug-likeness (QED) is 0.779. The molecule has 68 valence electrons. The maximum Gasteiger partial charge on any atom is 0.0537 e. The number of rotatable bonds is 4. The van der Waals surface area contributed by atoms with Gasteiger partial charge in [0.05, 0.1) is 6.10 Å². The van der Waals surface area contributed by atoms with Crippen LogP contribution in [0, 0.1) is 5.92 Å². The maximum atomic E-state index is 9.24. The molecule has 0 spiro atoms. The van der Waals surface area contributed by atoms with E-state index in [-0.39, 0.29) is 6.10 Å². The van der Waals surface area contributed by atoms with Crippen LogP contribution in [0.1, 0.15) is 25.1 Å². The zero-order valence-electron chi connectivity index (χ0n) is 7.53. The Balaban J connectivity index is 2.27. The molecule has 0 fully saturated rings. The molecule has 1 aromatic heterocycles. The largest absolute Gasteiger partial charge is 0.393 e. The molecule has 0 aliphatic carbocycles. The Labute approximate surface area is 77.4 Å². The van der Waals surface area contributed by atoms with Crippen LogP contribution in [0.2, 0.25) is 0 Å². The van der Waals surface area contributed by atoms with Crippen molar-refractivity contribution in [2.24, 2.45) is 5.92 Å². The van der Waals surface area contributed by atoms with E-state index in [0.717, 1.165) is 12.8 Å². The van der Waals surface area contributed by atoms with Crippen LogP contribution in [0.25, 0.3) is 0 Å². The van der Waals surface area contributed by atoms with Gasteiger partial charge < -0.3 is 5.11 Å². The molecule has 0 bridgehead atoms. The fraction of sp³-hybridized carbons (Fsp3) is 0.667. The van der Waals surface area contributed by atoms with E-state index in [1.54, 1.807) is 11.5 Å². The normalized spacial score (nSPS) is 15.9. The molecule has 1 aromatic rings. The second-order valence-corrected chi connectivity index (χ2v) is 4.15. The summed E-state index contributed by atoms with van der Waals surface area (Å²) in [6.45, 7) is 3.92. The van der Waals surface area contributed by atoms with E-state index in [0.29, 0.717) is 5.92 Å². The van der Waals surface area contributed by atoms with Crippen molar-refractivity contribution < 1.29 is 5.11 Å². The monoisotopic (exact) mass is 185 g/mol. The first kappa shape index (κ1) is 9.68. The molecular formula is C9H15NOS. The highest BCUT2D eigenvalue weighted by Gasteiger charge is 2.08. The van der Waals surface area contributed by atoms with Crippen molar-refractivity contribution in [3.05, 3.63) is 17.1 Å². The van der Waals surface area contributed by atoms with Gasteiger partial charge in [-0.2, -0.15) is 0 Å². The Kier molecular flexibility index (Phi) is 3.69. The zero-order chi connectivity index (χ0) is 8.97. The van der Waals surface area contributed by atoms with E-state index >= 15 is 0 Å². The number of hydrogen-bond acceptors (Lipinski definition) is 3. The van der Waals surface area contributed by atoms with E-state index in [1.807, 2.05) is 19.2 Å². The molecule has 2 nitrogen and oxygen atoms in total. The van der Waals surface area contributed by atoms with Gasteiger partial charge in [-0.05, 0) is 43.3 Å². The van der Waals surface area contributed by atoms with Gasteiger partial charge in [-0.25, -0.2) is 4.37 Å². The lowest BCUT2D eigenvalue weighted by atomic mass is 10.00. The topological polar surface area (TPSA) is 33.1 Å². The van der Waals surface area contributed by atoms with Gasteiger partial charge in [0.2, 0.25) is 0 Å². The Morgan fingerprint density at radius 1 is 1.58 bits per heavy atom. The highest BCUT2D eigenvalue weighted by molar-refractivity contribution is 7.05. The van der Waals surface area contributed by atoms with Gasteiger partial charge in [0.15, 0.2) is 0 Å². The van der Waals surface area contributed by atoms with Crippen molar-refractivity contribution in [3.63, 3.8) is 0 Å². The standard InChI is InChI=1S/C9H15NOS/c1-7(8(2)11)3-4-9-5-6-10-12-9/h5-8,11H,3-4H2,1-2H3. The molecule has 0 aliphatic heterocycles. The van der Waals surface area contributed by atoms with Crippen molar-refractivity contribution in [1.82, 2.24) is 4.37 Å². The highest BCUT2D eigenvalue weighted by Crippen LogP contribution is 2.14. The third kappa shape index (κ3) is 2.91. The second-order valence-electron chi connectivity index (χ2n) is 3.24. The summed E-state index contributed by atoms with van der Waals surface area (Å²) in [5.41, 5.74) is 0. The second kappa shape index (κ2) is 4.58. The number of aryl methyl sites for hydroxylation is 1. The SMILES string of the molecule is CC(O)C(C)CCc1ccns1. The fourth-order valence-electron chi connectivity index (χ4n) is 0.982. The van der Waals surface area contributed by atoms with E-state index in [1.165, 1.54) is 4.88 Å². The molecular weight excluding hydrogens is 170 g/mol. The van der Waals surface area contributed by atoms with E-state index < -0.39 is 0 Å².